The maximum Gasteiger partial charge on any atom is 0.0766 e. The van der Waals surface area contributed by atoms with E-state index >= 15 is 0 Å². The van der Waals surface area contributed by atoms with E-state index in [1.165, 1.54) is 19.3 Å². The molecule has 1 aliphatic carbocycles. The lowest BCUT2D eigenvalue weighted by Gasteiger charge is -2.49. The van der Waals surface area contributed by atoms with Crippen LogP contribution in [0.5, 0.6) is 0 Å². The summed E-state index contributed by atoms with van der Waals surface area (Å²) in [6.07, 6.45) is 6.18. The van der Waals surface area contributed by atoms with Crippen molar-refractivity contribution in [3.05, 3.63) is 0 Å². The van der Waals surface area contributed by atoms with Crippen LogP contribution in [0.3, 0.4) is 0 Å². The van der Waals surface area contributed by atoms with Gasteiger partial charge in [0, 0.05) is 13.2 Å². The fourth-order valence-corrected chi connectivity index (χ4v) is 3.69. The van der Waals surface area contributed by atoms with Crippen LogP contribution in [0.4, 0.5) is 0 Å². The molecule has 1 saturated heterocycles. The normalized spacial score (nSPS) is 29.2. The second kappa shape index (κ2) is 6.53. The van der Waals surface area contributed by atoms with Crippen molar-refractivity contribution in [1.29, 1.82) is 0 Å². The van der Waals surface area contributed by atoms with E-state index in [1.807, 2.05) is 0 Å². The Morgan fingerprint density at radius 3 is 2.63 bits per heavy atom. The van der Waals surface area contributed by atoms with Gasteiger partial charge in [0.25, 0.3) is 0 Å². The monoisotopic (exact) mass is 270 g/mol. The predicted molar refractivity (Wildman–Crippen MR) is 76.6 cm³/mol. The molecule has 1 heterocycles. The molecule has 4 heteroatoms. The van der Waals surface area contributed by atoms with Crippen LogP contribution in [0.15, 0.2) is 0 Å². The van der Waals surface area contributed by atoms with Crippen LogP contribution in [0.2, 0.25) is 0 Å². The molecule has 0 amide bonds. The summed E-state index contributed by atoms with van der Waals surface area (Å²) in [5.41, 5.74) is 3.22. The third-order valence-electron chi connectivity index (χ3n) is 4.87. The van der Waals surface area contributed by atoms with Crippen LogP contribution in [-0.2, 0) is 9.47 Å². The number of nitrogens with one attached hydrogen (secondary N) is 1. The molecule has 3 unspecified atom stereocenters. The zero-order chi connectivity index (χ0) is 13.9. The van der Waals surface area contributed by atoms with Crippen LogP contribution in [0.25, 0.3) is 0 Å². The average molecular weight is 270 g/mol. The second-order valence-corrected chi connectivity index (χ2v) is 6.49. The number of hydrazine groups is 1. The van der Waals surface area contributed by atoms with Crippen molar-refractivity contribution in [3.8, 4) is 0 Å². The maximum atomic E-state index is 6.02. The van der Waals surface area contributed by atoms with Gasteiger partial charge in [0.15, 0.2) is 0 Å². The Morgan fingerprint density at radius 2 is 2.16 bits per heavy atom. The Kier molecular flexibility index (Phi) is 5.23. The van der Waals surface area contributed by atoms with Gasteiger partial charge in [0.2, 0.25) is 0 Å². The Morgan fingerprint density at radius 1 is 1.42 bits per heavy atom. The zero-order valence-electron chi connectivity index (χ0n) is 12.7. The quantitative estimate of drug-likeness (QED) is 0.574. The first-order chi connectivity index (χ1) is 9.12. The zero-order valence-corrected chi connectivity index (χ0v) is 12.7. The number of ether oxygens (including phenoxy) is 2. The molecule has 3 N–H and O–H groups in total. The van der Waals surface area contributed by atoms with Crippen molar-refractivity contribution >= 4 is 0 Å². The van der Waals surface area contributed by atoms with Crippen molar-refractivity contribution in [2.24, 2.45) is 17.7 Å². The van der Waals surface area contributed by atoms with Gasteiger partial charge >= 0.3 is 0 Å². The summed E-state index contributed by atoms with van der Waals surface area (Å²) in [4.78, 5) is 0. The molecule has 3 atom stereocenters. The summed E-state index contributed by atoms with van der Waals surface area (Å²) in [5.74, 6) is 6.89. The minimum absolute atomic E-state index is 0.172. The van der Waals surface area contributed by atoms with Gasteiger partial charge in [-0.2, -0.15) is 0 Å². The smallest absolute Gasteiger partial charge is 0.0766 e. The molecule has 1 saturated carbocycles. The van der Waals surface area contributed by atoms with E-state index in [0.29, 0.717) is 11.8 Å². The van der Waals surface area contributed by atoms with Gasteiger partial charge in [-0.25, -0.2) is 0 Å². The average Bonchev–Trinajstić information content (AvgIpc) is 2.37. The third-order valence-corrected chi connectivity index (χ3v) is 4.87. The molecule has 0 aromatic rings. The van der Waals surface area contributed by atoms with Gasteiger partial charge in [-0.3, -0.25) is 11.3 Å². The van der Waals surface area contributed by atoms with E-state index in [0.717, 1.165) is 26.1 Å². The number of hydrogen-bond donors (Lipinski definition) is 2. The number of hydrogen-bond acceptors (Lipinski definition) is 4. The van der Waals surface area contributed by atoms with Gasteiger partial charge in [-0.15, -0.1) is 0 Å². The van der Waals surface area contributed by atoms with Gasteiger partial charge in [0.05, 0.1) is 17.7 Å². The summed E-state index contributed by atoms with van der Waals surface area (Å²) < 4.78 is 12.0. The van der Waals surface area contributed by atoms with Crippen molar-refractivity contribution in [2.75, 3.05) is 13.2 Å². The van der Waals surface area contributed by atoms with Crippen LogP contribution >= 0.6 is 0 Å². The highest BCUT2D eigenvalue weighted by atomic mass is 16.5. The van der Waals surface area contributed by atoms with Gasteiger partial charge in [-0.1, -0.05) is 13.8 Å². The van der Waals surface area contributed by atoms with Gasteiger partial charge in [-0.05, 0) is 50.9 Å². The van der Waals surface area contributed by atoms with Crippen LogP contribution in [0.1, 0.15) is 52.9 Å². The Balaban J connectivity index is 2.02. The highest BCUT2D eigenvalue weighted by molar-refractivity contribution is 4.98. The molecule has 112 valence electrons. The Hall–Kier alpha value is -0.160. The summed E-state index contributed by atoms with van der Waals surface area (Å²) in [5, 5.41) is 0. The Labute approximate surface area is 117 Å². The SMILES string of the molecule is CCOC(C(C)C)C(NN)C1CCOC2(CCC2)C1. The summed E-state index contributed by atoms with van der Waals surface area (Å²) in [6.45, 7) is 8.10. The van der Waals surface area contributed by atoms with E-state index < -0.39 is 0 Å². The van der Waals surface area contributed by atoms with Gasteiger partial charge in [0.1, 0.15) is 0 Å². The molecular weight excluding hydrogens is 240 g/mol. The molecule has 1 aliphatic heterocycles. The summed E-state index contributed by atoms with van der Waals surface area (Å²) >= 11 is 0. The first kappa shape index (κ1) is 15.2. The standard InChI is InChI=1S/C15H30N2O2/c1-4-18-14(11(2)3)13(17-16)12-6-9-19-15(10-12)7-5-8-15/h11-14,17H,4-10,16H2,1-3H3. The molecule has 0 aromatic heterocycles. The molecule has 4 nitrogen and oxygen atoms in total. The summed E-state index contributed by atoms with van der Waals surface area (Å²) in [7, 11) is 0. The van der Waals surface area contributed by atoms with Crippen LogP contribution in [-0.4, -0.2) is 31.0 Å². The van der Waals surface area contributed by atoms with Crippen molar-refractivity contribution in [2.45, 2.75) is 70.6 Å². The fraction of sp³-hybridized carbons (Fsp3) is 1.00. The molecule has 19 heavy (non-hydrogen) atoms. The minimum Gasteiger partial charge on any atom is -0.377 e. The number of rotatable bonds is 6. The fourth-order valence-electron chi connectivity index (χ4n) is 3.69. The number of nitrogens with two attached hydrogens (primary N) is 1. The lowest BCUT2D eigenvalue weighted by atomic mass is 9.69. The van der Waals surface area contributed by atoms with Crippen molar-refractivity contribution in [3.63, 3.8) is 0 Å². The van der Waals surface area contributed by atoms with E-state index in [9.17, 15) is 0 Å². The molecule has 1 spiro atoms. The summed E-state index contributed by atoms with van der Waals surface area (Å²) in [6, 6.07) is 0.237. The molecular formula is C15H30N2O2. The van der Waals surface area contributed by atoms with E-state index in [2.05, 4.69) is 26.2 Å². The molecule has 0 bridgehead atoms. The van der Waals surface area contributed by atoms with Crippen LogP contribution in [0, 0.1) is 11.8 Å². The lowest BCUT2D eigenvalue weighted by Crippen LogP contribution is -2.56. The lowest BCUT2D eigenvalue weighted by molar-refractivity contribution is -0.154. The minimum atomic E-state index is 0.172. The Bertz CT molecular complexity index is 279. The molecule has 2 rings (SSSR count). The van der Waals surface area contributed by atoms with E-state index in [-0.39, 0.29) is 17.7 Å². The molecule has 2 aliphatic rings. The molecule has 0 aromatic carbocycles. The first-order valence-corrected chi connectivity index (χ1v) is 7.83. The first-order valence-electron chi connectivity index (χ1n) is 7.83. The maximum absolute atomic E-state index is 6.02. The predicted octanol–water partition coefficient (Wildman–Crippen LogP) is 2.23. The molecule has 2 fully saturated rings. The largest absolute Gasteiger partial charge is 0.377 e. The topological polar surface area (TPSA) is 56.5 Å². The van der Waals surface area contributed by atoms with Gasteiger partial charge < -0.3 is 9.47 Å². The highest BCUT2D eigenvalue weighted by Crippen LogP contribution is 2.45. The van der Waals surface area contributed by atoms with Crippen molar-refractivity contribution < 1.29 is 9.47 Å². The van der Waals surface area contributed by atoms with Crippen molar-refractivity contribution in [1.82, 2.24) is 5.43 Å². The third kappa shape index (κ3) is 3.30. The molecule has 0 radical (unpaired) electrons. The van der Waals surface area contributed by atoms with Crippen LogP contribution < -0.4 is 11.3 Å². The van der Waals surface area contributed by atoms with E-state index in [4.69, 9.17) is 15.3 Å². The van der Waals surface area contributed by atoms with E-state index in [1.54, 1.807) is 0 Å². The second-order valence-electron chi connectivity index (χ2n) is 6.49. The highest BCUT2D eigenvalue weighted by Gasteiger charge is 2.45.